The monoisotopic (exact) mass is 560 g/mol. The topological polar surface area (TPSA) is 269 Å². The highest BCUT2D eigenvalue weighted by Gasteiger charge is 2.31. The molecule has 4 amide bonds. The van der Waals surface area contributed by atoms with Gasteiger partial charge in [0.05, 0.1) is 18.8 Å². The van der Waals surface area contributed by atoms with E-state index in [9.17, 15) is 34.2 Å². The number of phenolic OH excluding ortho intramolecular Hbond substituents is 1. The van der Waals surface area contributed by atoms with Crippen LogP contribution in [-0.2, 0) is 36.8 Å². The number of amides is 4. The highest BCUT2D eigenvalue weighted by Crippen LogP contribution is 2.12. The quantitative estimate of drug-likeness (QED) is 0.0939. The molecule has 0 saturated heterocycles. The van der Waals surface area contributed by atoms with Crippen LogP contribution < -0.4 is 33.2 Å². The van der Waals surface area contributed by atoms with E-state index in [1.807, 2.05) is 0 Å². The molecule has 1 aromatic heterocycles. The molecule has 15 heteroatoms. The summed E-state index contributed by atoms with van der Waals surface area (Å²) in [5, 5.41) is 26.8. The van der Waals surface area contributed by atoms with Gasteiger partial charge in [-0.15, -0.1) is 0 Å². The molecule has 218 valence electrons. The Kier molecular flexibility index (Phi) is 12.5. The van der Waals surface area contributed by atoms with Crippen molar-refractivity contribution in [1.29, 1.82) is 0 Å². The van der Waals surface area contributed by atoms with E-state index in [0.29, 0.717) is 30.6 Å². The summed E-state index contributed by atoms with van der Waals surface area (Å²) in [7, 11) is 0. The number of aliphatic carboxylic acids is 1. The third-order valence-electron chi connectivity index (χ3n) is 5.94. The number of carboxylic acids is 1. The molecule has 4 unspecified atom stereocenters. The fraction of sp³-hybridized carbons (Fsp3) is 0.440. The maximum Gasteiger partial charge on any atom is 0.326 e. The average Bonchev–Trinajstić information content (AvgIpc) is 3.41. The van der Waals surface area contributed by atoms with Crippen LogP contribution in [-0.4, -0.2) is 80.5 Å². The fourth-order valence-corrected chi connectivity index (χ4v) is 3.79. The number of primary amides is 1. The van der Waals surface area contributed by atoms with Crippen molar-refractivity contribution in [2.75, 3.05) is 6.54 Å². The van der Waals surface area contributed by atoms with Crippen LogP contribution in [0.3, 0.4) is 0 Å². The number of benzene rings is 1. The molecule has 0 aliphatic heterocycles. The highest BCUT2D eigenvalue weighted by atomic mass is 16.4. The number of carboxylic acid groups (broad SMARTS) is 1. The first kappa shape index (κ1) is 31.7. The normalized spacial score (nSPS) is 13.8. The van der Waals surface area contributed by atoms with Crippen molar-refractivity contribution in [1.82, 2.24) is 25.9 Å². The van der Waals surface area contributed by atoms with E-state index in [1.165, 1.54) is 24.7 Å². The fourth-order valence-electron chi connectivity index (χ4n) is 3.79. The Hall–Kier alpha value is -4.50. The van der Waals surface area contributed by atoms with Crippen LogP contribution in [0, 0.1) is 0 Å². The van der Waals surface area contributed by atoms with E-state index in [1.54, 1.807) is 12.1 Å². The molecule has 1 heterocycles. The largest absolute Gasteiger partial charge is 0.508 e. The summed E-state index contributed by atoms with van der Waals surface area (Å²) in [6.45, 7) is 0.349. The summed E-state index contributed by atoms with van der Waals surface area (Å²) < 4.78 is 0. The molecule has 0 saturated carbocycles. The second-order valence-corrected chi connectivity index (χ2v) is 9.23. The van der Waals surface area contributed by atoms with Crippen molar-refractivity contribution in [2.45, 2.75) is 62.7 Å². The van der Waals surface area contributed by atoms with Gasteiger partial charge in [-0.1, -0.05) is 12.1 Å². The number of hydrogen-bond acceptors (Lipinski definition) is 9. The molecule has 0 aliphatic rings. The Morgan fingerprint density at radius 3 is 2.10 bits per heavy atom. The number of nitrogens with zero attached hydrogens (tertiary/aromatic N) is 1. The maximum absolute atomic E-state index is 13.3. The van der Waals surface area contributed by atoms with Crippen molar-refractivity contribution < 1.29 is 34.2 Å². The molecule has 40 heavy (non-hydrogen) atoms. The van der Waals surface area contributed by atoms with Crippen molar-refractivity contribution in [2.24, 2.45) is 17.2 Å². The van der Waals surface area contributed by atoms with Gasteiger partial charge in [-0.2, -0.15) is 0 Å². The molecule has 0 aliphatic carbocycles. The lowest BCUT2D eigenvalue weighted by Crippen LogP contribution is -2.58. The number of aromatic amines is 1. The van der Waals surface area contributed by atoms with Crippen molar-refractivity contribution in [3.63, 3.8) is 0 Å². The van der Waals surface area contributed by atoms with E-state index in [4.69, 9.17) is 17.2 Å². The number of H-pyrrole nitrogens is 1. The number of carbonyl (C=O) groups is 5. The number of carbonyl (C=O) groups excluding carboxylic acids is 4. The third-order valence-corrected chi connectivity index (χ3v) is 5.94. The predicted octanol–water partition coefficient (Wildman–Crippen LogP) is -2.23. The molecule has 0 fully saturated rings. The van der Waals surface area contributed by atoms with Crippen LogP contribution in [0.15, 0.2) is 36.8 Å². The van der Waals surface area contributed by atoms with Gasteiger partial charge in [0.25, 0.3) is 0 Å². The van der Waals surface area contributed by atoms with E-state index < -0.39 is 60.2 Å². The minimum absolute atomic E-state index is 0.00531. The Morgan fingerprint density at radius 1 is 0.900 bits per heavy atom. The first-order valence-corrected chi connectivity index (χ1v) is 12.6. The number of rotatable bonds is 17. The second-order valence-electron chi connectivity index (χ2n) is 9.23. The zero-order chi connectivity index (χ0) is 29.7. The van der Waals surface area contributed by atoms with Gasteiger partial charge in [-0.25, -0.2) is 9.78 Å². The minimum atomic E-state index is -1.33. The van der Waals surface area contributed by atoms with Gasteiger partial charge in [-0.3, -0.25) is 19.2 Å². The Balaban J connectivity index is 2.25. The molecule has 0 radical (unpaired) electrons. The lowest BCUT2D eigenvalue weighted by Gasteiger charge is -2.25. The third kappa shape index (κ3) is 10.7. The van der Waals surface area contributed by atoms with Gasteiger partial charge in [0.15, 0.2) is 0 Å². The lowest BCUT2D eigenvalue weighted by molar-refractivity contribution is -0.142. The van der Waals surface area contributed by atoms with E-state index in [2.05, 4.69) is 25.9 Å². The predicted molar refractivity (Wildman–Crippen MR) is 142 cm³/mol. The van der Waals surface area contributed by atoms with Gasteiger partial charge >= 0.3 is 5.97 Å². The summed E-state index contributed by atoms with van der Waals surface area (Å²) >= 11 is 0. The van der Waals surface area contributed by atoms with Gasteiger partial charge < -0.3 is 48.3 Å². The number of phenols is 1. The standard InChI is InChI=1S/C25H36N8O7/c26-8-2-1-3-18(31-22(36)17(27)11-21(28)35)23(37)32-19(9-14-4-6-16(34)7-5-14)24(38)33-20(25(39)40)10-15-12-29-13-30-15/h4-7,12-13,17-20,34H,1-3,8-11,26-27H2,(H2,28,35)(H,29,30)(H,31,36)(H,32,37)(H,33,38)(H,39,40). The number of aromatic hydroxyl groups is 1. The number of nitrogens with one attached hydrogen (secondary N) is 4. The molecule has 2 aromatic rings. The molecule has 0 spiro atoms. The number of hydrogen-bond donors (Lipinski definition) is 9. The minimum Gasteiger partial charge on any atom is -0.508 e. The highest BCUT2D eigenvalue weighted by molar-refractivity contribution is 5.95. The molecule has 4 atom stereocenters. The molecule has 2 rings (SSSR count). The summed E-state index contributed by atoms with van der Waals surface area (Å²) in [6, 6.07) is 0.897. The van der Waals surface area contributed by atoms with Crippen LogP contribution >= 0.6 is 0 Å². The van der Waals surface area contributed by atoms with Gasteiger partial charge in [-0.05, 0) is 43.5 Å². The summed E-state index contributed by atoms with van der Waals surface area (Å²) in [4.78, 5) is 68.7. The van der Waals surface area contributed by atoms with Crippen molar-refractivity contribution in [3.05, 3.63) is 48.0 Å². The van der Waals surface area contributed by atoms with Crippen LogP contribution in [0.5, 0.6) is 5.75 Å². The zero-order valence-electron chi connectivity index (χ0n) is 21.8. The second kappa shape index (κ2) is 15.8. The Bertz CT molecular complexity index is 1140. The Morgan fingerprint density at radius 2 is 1.52 bits per heavy atom. The van der Waals surface area contributed by atoms with Crippen LogP contribution in [0.2, 0.25) is 0 Å². The van der Waals surface area contributed by atoms with E-state index in [-0.39, 0.29) is 25.0 Å². The molecule has 12 N–H and O–H groups in total. The zero-order valence-corrected chi connectivity index (χ0v) is 21.8. The van der Waals surface area contributed by atoms with Crippen LogP contribution in [0.1, 0.15) is 36.9 Å². The maximum atomic E-state index is 13.3. The molecule has 15 nitrogen and oxygen atoms in total. The number of nitrogens with two attached hydrogens (primary N) is 3. The molecule has 1 aromatic carbocycles. The summed E-state index contributed by atoms with van der Waals surface area (Å²) in [5.41, 5.74) is 17.4. The van der Waals surface area contributed by atoms with E-state index >= 15 is 0 Å². The number of unbranched alkanes of at least 4 members (excludes halogenated alkanes) is 1. The number of aromatic nitrogens is 2. The van der Waals surface area contributed by atoms with Crippen LogP contribution in [0.25, 0.3) is 0 Å². The summed E-state index contributed by atoms with van der Waals surface area (Å²) in [5.74, 6) is -4.39. The first-order chi connectivity index (χ1) is 19.0. The molecular formula is C25H36N8O7. The lowest BCUT2D eigenvalue weighted by atomic mass is 10.0. The molecule has 0 bridgehead atoms. The average molecular weight is 561 g/mol. The van der Waals surface area contributed by atoms with Crippen molar-refractivity contribution >= 4 is 29.6 Å². The van der Waals surface area contributed by atoms with Gasteiger partial charge in [0, 0.05) is 24.7 Å². The Labute approximate surface area is 230 Å². The van der Waals surface area contributed by atoms with Gasteiger partial charge in [0.1, 0.15) is 23.9 Å². The van der Waals surface area contributed by atoms with Gasteiger partial charge in [0.2, 0.25) is 23.6 Å². The smallest absolute Gasteiger partial charge is 0.326 e. The van der Waals surface area contributed by atoms with E-state index in [0.717, 1.165) is 0 Å². The number of imidazole rings is 1. The van der Waals surface area contributed by atoms with Crippen LogP contribution in [0.4, 0.5) is 0 Å². The first-order valence-electron chi connectivity index (χ1n) is 12.6. The van der Waals surface area contributed by atoms with Crippen molar-refractivity contribution in [3.8, 4) is 5.75 Å². The summed E-state index contributed by atoms with van der Waals surface area (Å²) in [6.07, 6.45) is 3.40. The molecular weight excluding hydrogens is 524 g/mol. The SMILES string of the molecule is NCCCCC(NC(=O)C(N)CC(N)=O)C(=O)NC(Cc1ccc(O)cc1)C(=O)NC(Cc1cnc[nH]1)C(=O)O.